The van der Waals surface area contributed by atoms with Crippen molar-refractivity contribution in [1.82, 2.24) is 0 Å². The molecule has 0 saturated carbocycles. The molecule has 0 aliphatic rings. The third-order valence-corrected chi connectivity index (χ3v) is 3.15. The maximum atomic E-state index is 13.8. The van der Waals surface area contributed by atoms with Gasteiger partial charge in [-0.2, -0.15) is 5.26 Å². The molecule has 2 aromatic carbocycles. The van der Waals surface area contributed by atoms with Crippen molar-refractivity contribution >= 4 is 11.6 Å². The summed E-state index contributed by atoms with van der Waals surface area (Å²) in [5.74, 6) is 0.773. The average molecular weight is 311 g/mol. The molecule has 0 radical (unpaired) electrons. The van der Waals surface area contributed by atoms with Gasteiger partial charge in [-0.25, -0.2) is 4.39 Å². The van der Waals surface area contributed by atoms with Crippen molar-refractivity contribution in [3.63, 3.8) is 0 Å². The van der Waals surface area contributed by atoms with E-state index in [1.807, 2.05) is 19.9 Å². The van der Waals surface area contributed by atoms with E-state index in [1.165, 1.54) is 6.07 Å². The van der Waals surface area contributed by atoms with Gasteiger partial charge in [0.1, 0.15) is 5.82 Å². The van der Waals surface area contributed by atoms with E-state index in [-0.39, 0.29) is 17.2 Å². The zero-order valence-corrected chi connectivity index (χ0v) is 13.3. The van der Waals surface area contributed by atoms with Crippen LogP contribution in [-0.2, 0) is 0 Å². The first-order chi connectivity index (χ1) is 11.0. The second-order valence-electron chi connectivity index (χ2n) is 5.23. The molecular formula is C19H18FNO2. The fraction of sp³-hybridized carbons (Fsp3) is 0.211. The fourth-order valence-electron chi connectivity index (χ4n) is 2.14. The van der Waals surface area contributed by atoms with Crippen molar-refractivity contribution < 1.29 is 13.9 Å². The summed E-state index contributed by atoms with van der Waals surface area (Å²) in [5.41, 5.74) is 1.26. The monoisotopic (exact) mass is 311 g/mol. The number of allylic oxidation sites excluding steroid dienone is 1. The summed E-state index contributed by atoms with van der Waals surface area (Å²) < 4.78 is 24.8. The number of halogens is 1. The smallest absolute Gasteiger partial charge is 0.161 e. The molecule has 0 aromatic heterocycles. The summed E-state index contributed by atoms with van der Waals surface area (Å²) in [4.78, 5) is 0. The third-order valence-electron chi connectivity index (χ3n) is 3.15. The molecular weight excluding hydrogens is 293 g/mol. The predicted octanol–water partition coefficient (Wildman–Crippen LogP) is 4.69. The van der Waals surface area contributed by atoms with E-state index in [0.29, 0.717) is 11.5 Å². The number of nitriles is 1. The zero-order chi connectivity index (χ0) is 16.8. The molecule has 0 aliphatic carbocycles. The minimum absolute atomic E-state index is 0.0263. The number of ether oxygens (including phenoxy) is 2. The molecule has 0 atom stereocenters. The van der Waals surface area contributed by atoms with Crippen LogP contribution in [0.15, 0.2) is 42.5 Å². The van der Waals surface area contributed by atoms with Crippen LogP contribution in [0.5, 0.6) is 11.5 Å². The van der Waals surface area contributed by atoms with Crippen molar-refractivity contribution in [2.75, 3.05) is 7.11 Å². The number of nitrogens with zero attached hydrogens (tertiary/aromatic N) is 1. The normalized spacial score (nSPS) is 11.2. The maximum Gasteiger partial charge on any atom is 0.161 e. The fourth-order valence-corrected chi connectivity index (χ4v) is 2.14. The Morgan fingerprint density at radius 1 is 1.17 bits per heavy atom. The Morgan fingerprint density at radius 3 is 2.52 bits per heavy atom. The summed E-state index contributed by atoms with van der Waals surface area (Å²) in [7, 11) is 1.55. The first-order valence-electron chi connectivity index (χ1n) is 7.26. The number of methoxy groups -OCH3 is 1. The quantitative estimate of drug-likeness (QED) is 0.594. The molecule has 0 spiro atoms. The van der Waals surface area contributed by atoms with Crippen molar-refractivity contribution in [3.8, 4) is 17.6 Å². The van der Waals surface area contributed by atoms with Crippen molar-refractivity contribution in [1.29, 1.82) is 5.26 Å². The molecule has 0 unspecified atom stereocenters. The lowest BCUT2D eigenvalue weighted by Crippen LogP contribution is -2.06. The lowest BCUT2D eigenvalue weighted by molar-refractivity contribution is 0.230. The maximum absolute atomic E-state index is 13.8. The van der Waals surface area contributed by atoms with Crippen LogP contribution in [0.2, 0.25) is 0 Å². The highest BCUT2D eigenvalue weighted by molar-refractivity contribution is 5.90. The topological polar surface area (TPSA) is 42.2 Å². The van der Waals surface area contributed by atoms with Crippen molar-refractivity contribution in [2.24, 2.45) is 0 Å². The van der Waals surface area contributed by atoms with Gasteiger partial charge in [-0.05, 0) is 43.7 Å². The Balaban J connectivity index is 2.41. The SMILES string of the molecule is COc1cc(/C=C(/C#N)c2ccccc2F)ccc1OC(C)C. The van der Waals surface area contributed by atoms with Gasteiger partial charge >= 0.3 is 0 Å². The summed E-state index contributed by atoms with van der Waals surface area (Å²) in [5, 5.41) is 9.32. The Kier molecular flexibility index (Phi) is 5.37. The largest absolute Gasteiger partial charge is 0.493 e. The van der Waals surface area contributed by atoms with Gasteiger partial charge in [0.2, 0.25) is 0 Å². The Morgan fingerprint density at radius 2 is 1.91 bits per heavy atom. The van der Waals surface area contributed by atoms with Crippen LogP contribution in [0.4, 0.5) is 4.39 Å². The van der Waals surface area contributed by atoms with Crippen LogP contribution in [0, 0.1) is 17.1 Å². The number of rotatable bonds is 5. The Labute approximate surface area is 135 Å². The third kappa shape index (κ3) is 4.10. The van der Waals surface area contributed by atoms with Crippen LogP contribution in [0.25, 0.3) is 11.6 Å². The van der Waals surface area contributed by atoms with Crippen LogP contribution in [0.3, 0.4) is 0 Å². The molecule has 2 aromatic rings. The van der Waals surface area contributed by atoms with Crippen LogP contribution < -0.4 is 9.47 Å². The molecule has 4 heteroatoms. The van der Waals surface area contributed by atoms with Gasteiger partial charge in [0.25, 0.3) is 0 Å². The molecule has 0 bridgehead atoms. The van der Waals surface area contributed by atoms with Crippen LogP contribution in [-0.4, -0.2) is 13.2 Å². The van der Waals surface area contributed by atoms with E-state index >= 15 is 0 Å². The molecule has 118 valence electrons. The first kappa shape index (κ1) is 16.6. The van der Waals surface area contributed by atoms with Gasteiger partial charge in [-0.15, -0.1) is 0 Å². The molecule has 0 saturated heterocycles. The van der Waals surface area contributed by atoms with E-state index < -0.39 is 5.82 Å². The minimum atomic E-state index is -0.424. The second-order valence-corrected chi connectivity index (χ2v) is 5.23. The Hall–Kier alpha value is -2.80. The van der Waals surface area contributed by atoms with Crippen molar-refractivity contribution in [2.45, 2.75) is 20.0 Å². The number of hydrogen-bond acceptors (Lipinski definition) is 3. The van der Waals surface area contributed by atoms with Crippen molar-refractivity contribution in [3.05, 3.63) is 59.4 Å². The van der Waals surface area contributed by atoms with E-state index in [4.69, 9.17) is 9.47 Å². The first-order valence-corrected chi connectivity index (χ1v) is 7.26. The molecule has 23 heavy (non-hydrogen) atoms. The molecule has 3 nitrogen and oxygen atoms in total. The molecule has 2 rings (SSSR count). The minimum Gasteiger partial charge on any atom is -0.493 e. The highest BCUT2D eigenvalue weighted by atomic mass is 19.1. The molecule has 0 amide bonds. The number of benzene rings is 2. The molecule has 0 N–H and O–H groups in total. The summed E-state index contributed by atoms with van der Waals surface area (Å²) in [6.07, 6.45) is 1.65. The van der Waals surface area contributed by atoms with Gasteiger partial charge in [0, 0.05) is 5.56 Å². The summed E-state index contributed by atoms with van der Waals surface area (Å²) in [6.45, 7) is 3.86. The second kappa shape index (κ2) is 7.46. The van der Waals surface area contributed by atoms with Gasteiger partial charge < -0.3 is 9.47 Å². The van der Waals surface area contributed by atoms with Gasteiger partial charge in [0.15, 0.2) is 11.5 Å². The number of hydrogen-bond donors (Lipinski definition) is 0. The van der Waals surface area contributed by atoms with Gasteiger partial charge in [-0.1, -0.05) is 24.3 Å². The van der Waals surface area contributed by atoms with Crippen LogP contribution in [0.1, 0.15) is 25.0 Å². The highest BCUT2D eigenvalue weighted by Gasteiger charge is 2.10. The highest BCUT2D eigenvalue weighted by Crippen LogP contribution is 2.30. The van der Waals surface area contributed by atoms with Gasteiger partial charge in [0.05, 0.1) is 24.9 Å². The lowest BCUT2D eigenvalue weighted by atomic mass is 10.0. The zero-order valence-electron chi connectivity index (χ0n) is 13.3. The lowest BCUT2D eigenvalue weighted by Gasteiger charge is -2.14. The molecule has 0 heterocycles. The van der Waals surface area contributed by atoms with E-state index in [0.717, 1.165) is 5.56 Å². The van der Waals surface area contributed by atoms with E-state index in [9.17, 15) is 9.65 Å². The molecule has 0 fully saturated rings. The van der Waals surface area contributed by atoms with E-state index in [2.05, 4.69) is 0 Å². The summed E-state index contributed by atoms with van der Waals surface area (Å²) in [6, 6.07) is 13.6. The van der Waals surface area contributed by atoms with E-state index in [1.54, 1.807) is 49.6 Å². The molecule has 0 aliphatic heterocycles. The van der Waals surface area contributed by atoms with Crippen LogP contribution >= 0.6 is 0 Å². The predicted molar refractivity (Wildman–Crippen MR) is 88.6 cm³/mol. The van der Waals surface area contributed by atoms with Gasteiger partial charge in [-0.3, -0.25) is 0 Å². The standard InChI is InChI=1S/C19H18FNO2/c1-13(2)23-18-9-8-14(11-19(18)22-3)10-15(12-21)16-6-4-5-7-17(16)20/h4-11,13H,1-3H3/b15-10-. The summed E-state index contributed by atoms with van der Waals surface area (Å²) >= 11 is 0. The Bertz CT molecular complexity index is 760. The average Bonchev–Trinajstić information content (AvgIpc) is 2.54.